The van der Waals surface area contributed by atoms with E-state index >= 15 is 0 Å². The van der Waals surface area contributed by atoms with Gasteiger partial charge in [-0.15, -0.1) is 0 Å². The van der Waals surface area contributed by atoms with Crippen LogP contribution in [0.25, 0.3) is 21.5 Å². The van der Waals surface area contributed by atoms with Crippen molar-refractivity contribution in [2.24, 2.45) is 0 Å². The molecule has 0 saturated heterocycles. The highest BCUT2D eigenvalue weighted by Gasteiger charge is 2.06. The molecule has 4 rings (SSSR count). The number of aromatic nitrogens is 2. The summed E-state index contributed by atoms with van der Waals surface area (Å²) in [7, 11) is 0. The first kappa shape index (κ1) is 16.6. The van der Waals surface area contributed by atoms with Crippen LogP contribution in [-0.2, 0) is 13.1 Å². The molecule has 0 aliphatic rings. The molecule has 0 unspecified atom stereocenters. The normalized spacial score (nSPS) is 10.7. The van der Waals surface area contributed by atoms with Crippen molar-refractivity contribution >= 4 is 21.5 Å². The van der Waals surface area contributed by atoms with Crippen molar-refractivity contribution in [1.29, 1.82) is 0 Å². The lowest BCUT2D eigenvalue weighted by molar-refractivity contribution is -0.725. The Kier molecular flexibility index (Phi) is 5.21. The third kappa shape index (κ3) is 3.62. The van der Waals surface area contributed by atoms with Crippen LogP contribution in [0.2, 0.25) is 0 Å². The van der Waals surface area contributed by atoms with Gasteiger partial charge in [0.15, 0.2) is 37.9 Å². The number of nitrogens with zero attached hydrogens (tertiary/aromatic N) is 2. The number of aryl methyl sites for hydroxylation is 2. The van der Waals surface area contributed by atoms with Gasteiger partial charge < -0.3 is 17.0 Å². The summed E-state index contributed by atoms with van der Waals surface area (Å²) in [4.78, 5) is 0. The van der Waals surface area contributed by atoms with Crippen molar-refractivity contribution < 1.29 is 26.1 Å². The Balaban J connectivity index is 0.00000169. The van der Waals surface area contributed by atoms with E-state index in [1.165, 1.54) is 21.5 Å². The molecule has 0 bridgehead atoms. The second-order valence-corrected chi connectivity index (χ2v) is 5.98. The Bertz CT molecular complexity index is 886. The predicted molar refractivity (Wildman–Crippen MR) is 92.9 cm³/mol. The molecule has 0 N–H and O–H groups in total. The zero-order chi connectivity index (χ0) is 15.5. The minimum atomic E-state index is 0. The Labute approximate surface area is 152 Å². The van der Waals surface area contributed by atoms with Gasteiger partial charge in [0.25, 0.3) is 0 Å². The quantitative estimate of drug-likeness (QED) is 0.460. The van der Waals surface area contributed by atoms with Crippen molar-refractivity contribution in [3.05, 3.63) is 85.5 Å². The smallest absolute Gasteiger partial charge is 0.176 e. The van der Waals surface area contributed by atoms with E-state index in [1.54, 1.807) is 0 Å². The topological polar surface area (TPSA) is 7.76 Å². The molecule has 0 amide bonds. The zero-order valence-electron chi connectivity index (χ0n) is 13.5. The minimum absolute atomic E-state index is 0. The largest absolute Gasteiger partial charge is 1.00 e. The fourth-order valence-electron chi connectivity index (χ4n) is 3.07. The minimum Gasteiger partial charge on any atom is -1.00 e. The highest BCUT2D eigenvalue weighted by atomic mass is 79.9. The van der Waals surface area contributed by atoms with Gasteiger partial charge in [-0.1, -0.05) is 36.4 Å². The summed E-state index contributed by atoms with van der Waals surface area (Å²) in [6, 6.07) is 21.4. The van der Waals surface area contributed by atoms with E-state index in [0.29, 0.717) is 0 Å². The van der Waals surface area contributed by atoms with Crippen LogP contribution in [0, 0.1) is 0 Å². The van der Waals surface area contributed by atoms with E-state index in [2.05, 4.69) is 94.6 Å². The summed E-state index contributed by atoms with van der Waals surface area (Å²) >= 11 is 0. The van der Waals surface area contributed by atoms with Crippen LogP contribution in [0.4, 0.5) is 0 Å². The van der Waals surface area contributed by atoms with Gasteiger partial charge in [-0.2, -0.15) is 0 Å². The van der Waals surface area contributed by atoms with Crippen molar-refractivity contribution in [2.45, 2.75) is 19.5 Å². The molecule has 0 spiro atoms. The van der Waals surface area contributed by atoms with Crippen LogP contribution in [0.1, 0.15) is 6.42 Å². The monoisotopic (exact) mass is 379 g/mol. The molecule has 0 radical (unpaired) electrons. The molecule has 0 aliphatic heterocycles. The highest BCUT2D eigenvalue weighted by Crippen LogP contribution is 2.10. The maximum atomic E-state index is 2.28. The highest BCUT2D eigenvalue weighted by molar-refractivity contribution is 5.80. The lowest BCUT2D eigenvalue weighted by atomic mass is 10.2. The molecule has 2 aromatic carbocycles. The second kappa shape index (κ2) is 7.54. The summed E-state index contributed by atoms with van der Waals surface area (Å²) in [5, 5.41) is 5.20. The van der Waals surface area contributed by atoms with Crippen LogP contribution >= 0.6 is 0 Å². The van der Waals surface area contributed by atoms with Gasteiger partial charge in [-0.05, 0) is 22.9 Å². The molecule has 3 heteroatoms. The molecule has 4 aromatic rings. The van der Waals surface area contributed by atoms with Crippen molar-refractivity contribution in [1.82, 2.24) is 0 Å². The maximum absolute atomic E-state index is 2.28. The van der Waals surface area contributed by atoms with Crippen LogP contribution < -0.4 is 26.1 Å². The zero-order valence-corrected chi connectivity index (χ0v) is 15.1. The molecule has 24 heavy (non-hydrogen) atoms. The molecule has 0 saturated carbocycles. The SMILES string of the molecule is [Br-].c1ccc2c[n+](CCC[n+]3ccc4ccccc4c3)ccc2c1. The molecular weight excluding hydrogens is 360 g/mol. The average Bonchev–Trinajstić information content (AvgIpc) is 2.61. The first-order chi connectivity index (χ1) is 11.4. The van der Waals surface area contributed by atoms with E-state index in [0.717, 1.165) is 19.5 Å². The van der Waals surface area contributed by atoms with Gasteiger partial charge in [0, 0.05) is 22.9 Å². The molecule has 0 fully saturated rings. The molecule has 0 atom stereocenters. The van der Waals surface area contributed by atoms with Crippen LogP contribution in [0.5, 0.6) is 0 Å². The van der Waals surface area contributed by atoms with Crippen molar-refractivity contribution in [3.63, 3.8) is 0 Å². The Morgan fingerprint density at radius 2 is 0.958 bits per heavy atom. The Morgan fingerprint density at radius 1 is 0.542 bits per heavy atom. The molecule has 2 aromatic heterocycles. The number of hydrogen-bond acceptors (Lipinski definition) is 0. The molecular formula is C21H20BrN2+. The molecule has 0 aliphatic carbocycles. The molecule has 2 heterocycles. The van der Waals surface area contributed by atoms with Crippen LogP contribution in [0.3, 0.4) is 0 Å². The number of fused-ring (bicyclic) bond motifs is 2. The first-order valence-corrected chi connectivity index (χ1v) is 8.14. The van der Waals surface area contributed by atoms with E-state index in [1.807, 2.05) is 0 Å². The summed E-state index contributed by atoms with van der Waals surface area (Å²) in [5.41, 5.74) is 0. The fraction of sp³-hybridized carbons (Fsp3) is 0.143. The number of pyridine rings is 2. The lowest BCUT2D eigenvalue weighted by Gasteiger charge is -2.00. The predicted octanol–water partition coefficient (Wildman–Crippen LogP) is 0.662. The van der Waals surface area contributed by atoms with E-state index in [9.17, 15) is 0 Å². The van der Waals surface area contributed by atoms with Gasteiger partial charge in [-0.3, -0.25) is 0 Å². The molecule has 2 nitrogen and oxygen atoms in total. The van der Waals surface area contributed by atoms with Crippen molar-refractivity contribution in [2.75, 3.05) is 0 Å². The summed E-state index contributed by atoms with van der Waals surface area (Å²) in [6.45, 7) is 2.06. The second-order valence-electron chi connectivity index (χ2n) is 5.98. The average molecular weight is 380 g/mol. The summed E-state index contributed by atoms with van der Waals surface area (Å²) < 4.78 is 4.56. The Morgan fingerprint density at radius 3 is 1.42 bits per heavy atom. The van der Waals surface area contributed by atoms with Gasteiger partial charge in [0.05, 0.1) is 6.42 Å². The standard InChI is InChI=1S/C21H20N2.BrH/c1-3-8-20-16-22(14-10-18(20)6-1)12-5-13-23-15-11-19-7-2-4-9-21(19)17-23;/h1-4,6-11,14-17H,5,12-13H2;1H/q+2;/p-1. The molecule has 120 valence electrons. The van der Waals surface area contributed by atoms with Gasteiger partial charge >= 0.3 is 0 Å². The third-order valence-corrected chi connectivity index (χ3v) is 4.33. The Hall–Kier alpha value is -2.26. The third-order valence-electron chi connectivity index (χ3n) is 4.33. The number of benzene rings is 2. The van der Waals surface area contributed by atoms with Crippen LogP contribution in [0.15, 0.2) is 85.5 Å². The van der Waals surface area contributed by atoms with Crippen molar-refractivity contribution in [3.8, 4) is 0 Å². The fourth-order valence-corrected chi connectivity index (χ4v) is 3.07. The van der Waals surface area contributed by atoms with Crippen LogP contribution in [-0.4, -0.2) is 0 Å². The van der Waals surface area contributed by atoms with E-state index in [-0.39, 0.29) is 17.0 Å². The first-order valence-electron chi connectivity index (χ1n) is 8.14. The lowest BCUT2D eigenvalue weighted by Crippen LogP contribution is -3.00. The number of rotatable bonds is 4. The van der Waals surface area contributed by atoms with E-state index in [4.69, 9.17) is 0 Å². The number of hydrogen-bond donors (Lipinski definition) is 0. The van der Waals surface area contributed by atoms with Gasteiger partial charge in [-0.25, -0.2) is 9.13 Å². The summed E-state index contributed by atoms with van der Waals surface area (Å²) in [6.07, 6.45) is 9.94. The van der Waals surface area contributed by atoms with Gasteiger partial charge in [0.1, 0.15) is 0 Å². The van der Waals surface area contributed by atoms with E-state index < -0.39 is 0 Å². The maximum Gasteiger partial charge on any atom is 0.176 e. The summed E-state index contributed by atoms with van der Waals surface area (Å²) in [5.74, 6) is 0. The van der Waals surface area contributed by atoms with Gasteiger partial charge in [0.2, 0.25) is 0 Å². The number of halogens is 1.